The molecule has 0 spiro atoms. The maximum Gasteiger partial charge on any atom is 0.259 e. The number of hydrogen-bond acceptors (Lipinski definition) is 9. The van der Waals surface area contributed by atoms with E-state index in [0.717, 1.165) is 26.6 Å². The number of halogens is 1. The van der Waals surface area contributed by atoms with Gasteiger partial charge < -0.3 is 5.32 Å². The van der Waals surface area contributed by atoms with Crippen molar-refractivity contribution in [3.05, 3.63) is 137 Å². The summed E-state index contributed by atoms with van der Waals surface area (Å²) >= 11 is 3.40. The number of rotatable bonds is 6. The number of nitriles is 2. The molecule has 0 saturated carbocycles. The number of nitrogens with one attached hydrogen (secondary N) is 1. The third-order valence-corrected chi connectivity index (χ3v) is 8.67. The van der Waals surface area contributed by atoms with Gasteiger partial charge in [0, 0.05) is 68.2 Å². The van der Waals surface area contributed by atoms with E-state index in [-0.39, 0.29) is 32.6 Å². The fraction of sp³-hybridized carbons (Fsp3) is 0.125. The topological polar surface area (TPSA) is 178 Å². The van der Waals surface area contributed by atoms with Crippen LogP contribution in [0, 0.1) is 22.7 Å². The summed E-state index contributed by atoms with van der Waals surface area (Å²) in [6.45, 7) is 1.46. The average molecular weight is 799 g/mol. The molecule has 15 heteroatoms. The number of aromatic nitrogens is 6. The van der Waals surface area contributed by atoms with Gasteiger partial charge in [-0.15, -0.1) is 0 Å². The third kappa shape index (κ3) is 8.88. The molecule has 0 unspecified atom stereocenters. The zero-order valence-electron chi connectivity index (χ0n) is 28.5. The molecule has 0 saturated heterocycles. The molecule has 0 bridgehead atoms. The second kappa shape index (κ2) is 17.5. The number of carbonyl (C=O) groups excluding carboxylic acids is 3. The summed E-state index contributed by atoms with van der Waals surface area (Å²) in [6, 6.07) is 24.9. The molecule has 6 aromatic heterocycles. The highest BCUT2D eigenvalue weighted by molar-refractivity contribution is 9.10. The van der Waals surface area contributed by atoms with Gasteiger partial charge in [-0.1, -0.05) is 27.0 Å². The van der Waals surface area contributed by atoms with Crippen molar-refractivity contribution >= 4 is 62.0 Å². The molecule has 14 nitrogen and oxygen atoms in total. The Morgan fingerprint density at radius 1 is 0.691 bits per heavy atom. The van der Waals surface area contributed by atoms with Gasteiger partial charge in [0.1, 0.15) is 23.8 Å². The summed E-state index contributed by atoms with van der Waals surface area (Å²) in [5.74, 6) is 0.385. The van der Waals surface area contributed by atoms with Gasteiger partial charge in [-0.25, -0.2) is 19.0 Å². The maximum atomic E-state index is 13.0. The quantitative estimate of drug-likeness (QED) is 0.179. The van der Waals surface area contributed by atoms with Crippen molar-refractivity contribution in [1.29, 1.82) is 10.5 Å². The summed E-state index contributed by atoms with van der Waals surface area (Å²) in [7, 11) is 3.28. The van der Waals surface area contributed by atoms with Gasteiger partial charge in [-0.05, 0) is 82.2 Å². The summed E-state index contributed by atoms with van der Waals surface area (Å²) in [5, 5.41) is 28.9. The predicted molar refractivity (Wildman–Crippen MR) is 215 cm³/mol. The first kappa shape index (κ1) is 40.5. The van der Waals surface area contributed by atoms with Crippen molar-refractivity contribution in [3.8, 4) is 23.3 Å². The molecule has 55 heavy (non-hydrogen) atoms. The predicted octanol–water partition coefficient (Wildman–Crippen LogP) is 7.42. The van der Waals surface area contributed by atoms with E-state index in [9.17, 15) is 14.4 Å². The highest BCUT2D eigenvalue weighted by atomic mass is 79.9. The molecule has 1 N–H and O–H groups in total. The summed E-state index contributed by atoms with van der Waals surface area (Å²) < 4.78 is 4.20. The van der Waals surface area contributed by atoms with E-state index in [1.54, 1.807) is 96.4 Å². The largest absolute Gasteiger partial charge is 0.326 e. The number of carbonyl (C=O) groups is 3. The first-order valence-electron chi connectivity index (χ1n) is 15.8. The Bertz CT molecular complexity index is 2570. The lowest BCUT2D eigenvalue weighted by molar-refractivity contribution is -0.114. The molecular formula is C40H36BrN11O3. The van der Waals surface area contributed by atoms with Gasteiger partial charge >= 0.3 is 0 Å². The number of hydrogen-bond donors (Lipinski definition) is 1. The summed E-state index contributed by atoms with van der Waals surface area (Å²) in [6.07, 6.45) is 9.75. The monoisotopic (exact) mass is 797 g/mol. The number of amides is 3. The normalized spacial score (nSPS) is 10.1. The number of nitrogens with zero attached hydrogens (tertiary/aromatic N) is 10. The Labute approximate surface area is 326 Å². The standard InChI is InChI=1S/C23H18N6O2.C15H10BrN5O.2CH4/c1-15(30)27-19-6-4-17(5-7-19)20-14-26-29-10-9-18(11-21(20)29)23(31)28(2)22-8-3-16(12-24)13-25-22;1-20(14-3-2-10(7-17)8-18-14)15(22)11-4-5-21-13(6-11)12(16)9-19-21;;/h3-11,13-14H,1-2H3,(H,27,30);2-6,8-9H,1H3;2*1H4. The van der Waals surface area contributed by atoms with Crippen molar-refractivity contribution in [2.75, 3.05) is 29.2 Å². The van der Waals surface area contributed by atoms with Gasteiger partial charge in [-0.3, -0.25) is 24.2 Å². The second-order valence-corrected chi connectivity index (χ2v) is 12.4. The van der Waals surface area contributed by atoms with E-state index in [2.05, 4.69) is 41.4 Å². The number of pyridine rings is 4. The fourth-order valence-electron chi connectivity index (χ4n) is 5.25. The van der Waals surface area contributed by atoms with Gasteiger partial charge in [0.25, 0.3) is 11.8 Å². The van der Waals surface area contributed by atoms with Crippen LogP contribution in [0.4, 0.5) is 17.3 Å². The van der Waals surface area contributed by atoms with E-state index < -0.39 is 0 Å². The van der Waals surface area contributed by atoms with Crippen LogP contribution in [0.15, 0.2) is 114 Å². The molecule has 7 aromatic rings. The minimum atomic E-state index is -0.229. The first-order chi connectivity index (χ1) is 25.6. The third-order valence-electron chi connectivity index (χ3n) is 8.06. The van der Waals surface area contributed by atoms with E-state index in [4.69, 9.17) is 10.5 Å². The number of fused-ring (bicyclic) bond motifs is 2. The SMILES string of the molecule is C.C.CC(=O)Nc1ccc(-c2cnn3ccc(C(=O)N(C)c4ccc(C#N)cn4)cc23)cc1.CN(C(=O)c1ccn2ncc(Br)c2c1)c1ccc(C#N)cn1. The Morgan fingerprint density at radius 2 is 1.18 bits per heavy atom. The van der Waals surface area contributed by atoms with Crippen LogP contribution in [0.25, 0.3) is 22.2 Å². The second-order valence-electron chi connectivity index (χ2n) is 11.6. The lowest BCUT2D eigenvalue weighted by Crippen LogP contribution is -2.27. The number of benzene rings is 1. The van der Waals surface area contributed by atoms with Crippen LogP contribution in [0.1, 0.15) is 53.6 Å². The molecule has 0 atom stereocenters. The zero-order valence-corrected chi connectivity index (χ0v) is 30.1. The molecule has 0 aliphatic carbocycles. The van der Waals surface area contributed by atoms with E-state index >= 15 is 0 Å². The summed E-state index contributed by atoms with van der Waals surface area (Å²) in [5.41, 5.74) is 5.97. The maximum absolute atomic E-state index is 13.0. The van der Waals surface area contributed by atoms with Crippen molar-refractivity contribution in [2.24, 2.45) is 0 Å². The van der Waals surface area contributed by atoms with Crippen LogP contribution in [-0.2, 0) is 4.79 Å². The minimum absolute atomic E-state index is 0. The Hall–Kier alpha value is -7.23. The van der Waals surface area contributed by atoms with Crippen molar-refractivity contribution < 1.29 is 14.4 Å². The zero-order chi connectivity index (χ0) is 37.6. The van der Waals surface area contributed by atoms with E-state index in [1.165, 1.54) is 29.1 Å². The fourth-order valence-corrected chi connectivity index (χ4v) is 5.64. The van der Waals surface area contributed by atoms with Crippen LogP contribution in [0.2, 0.25) is 0 Å². The minimum Gasteiger partial charge on any atom is -0.326 e. The molecule has 6 heterocycles. The van der Waals surface area contributed by atoms with Crippen molar-refractivity contribution in [2.45, 2.75) is 21.8 Å². The van der Waals surface area contributed by atoms with Crippen LogP contribution in [0.5, 0.6) is 0 Å². The van der Waals surface area contributed by atoms with E-state index in [1.807, 2.05) is 36.4 Å². The molecule has 0 aliphatic rings. The number of anilines is 3. The molecule has 3 amide bonds. The Morgan fingerprint density at radius 3 is 1.65 bits per heavy atom. The summed E-state index contributed by atoms with van der Waals surface area (Å²) in [4.78, 5) is 48.0. The Balaban J connectivity index is 0.000000249. The molecular weight excluding hydrogens is 762 g/mol. The highest BCUT2D eigenvalue weighted by Crippen LogP contribution is 2.27. The molecule has 0 fully saturated rings. The lowest BCUT2D eigenvalue weighted by Gasteiger charge is -2.16. The molecule has 0 radical (unpaired) electrons. The average Bonchev–Trinajstić information content (AvgIpc) is 3.79. The van der Waals surface area contributed by atoms with Crippen LogP contribution in [0.3, 0.4) is 0 Å². The van der Waals surface area contributed by atoms with Crippen molar-refractivity contribution in [1.82, 2.24) is 29.2 Å². The molecule has 276 valence electrons. The first-order valence-corrected chi connectivity index (χ1v) is 16.6. The molecule has 7 rings (SSSR count). The van der Waals surface area contributed by atoms with Gasteiger partial charge in [0.05, 0.1) is 39.0 Å². The Kier molecular flexibility index (Phi) is 12.9. The smallest absolute Gasteiger partial charge is 0.259 e. The highest BCUT2D eigenvalue weighted by Gasteiger charge is 2.18. The molecule has 0 aliphatic heterocycles. The van der Waals surface area contributed by atoms with Crippen molar-refractivity contribution in [3.63, 3.8) is 0 Å². The van der Waals surface area contributed by atoms with E-state index in [0.29, 0.717) is 39.6 Å². The van der Waals surface area contributed by atoms with Gasteiger partial charge in [0.2, 0.25) is 5.91 Å². The van der Waals surface area contributed by atoms with Crippen LogP contribution < -0.4 is 15.1 Å². The van der Waals surface area contributed by atoms with Crippen LogP contribution >= 0.6 is 15.9 Å². The molecule has 1 aromatic carbocycles. The lowest BCUT2D eigenvalue weighted by atomic mass is 10.1. The van der Waals surface area contributed by atoms with Gasteiger partial charge in [0.15, 0.2) is 0 Å². The van der Waals surface area contributed by atoms with Crippen LogP contribution in [-0.4, -0.2) is 61.0 Å². The van der Waals surface area contributed by atoms with Gasteiger partial charge in [-0.2, -0.15) is 20.7 Å².